The van der Waals surface area contributed by atoms with Crippen molar-refractivity contribution < 1.29 is 9.90 Å². The minimum absolute atomic E-state index is 0.0711. The summed E-state index contributed by atoms with van der Waals surface area (Å²) in [6.07, 6.45) is 0.0711. The second kappa shape index (κ2) is 4.63. The smallest absolute Gasteiger partial charge is 0.304 e. The summed E-state index contributed by atoms with van der Waals surface area (Å²) in [7, 11) is 0. The van der Waals surface area contributed by atoms with Crippen molar-refractivity contribution in [2.24, 2.45) is 0 Å². The minimum atomic E-state index is -0.822. The first kappa shape index (κ1) is 10.5. The fourth-order valence-corrected chi connectivity index (χ4v) is 1.65. The SMILES string of the molecule is O=C(O)CC(Br)c1ccc(Cl)cc1. The lowest BCUT2D eigenvalue weighted by Gasteiger charge is -2.06. The molecule has 0 heterocycles. The Morgan fingerprint density at radius 3 is 2.46 bits per heavy atom. The number of hydrogen-bond donors (Lipinski definition) is 1. The van der Waals surface area contributed by atoms with Crippen molar-refractivity contribution in [1.82, 2.24) is 0 Å². The van der Waals surface area contributed by atoms with Crippen LogP contribution >= 0.6 is 27.5 Å². The molecule has 1 aromatic rings. The summed E-state index contributed by atoms with van der Waals surface area (Å²) in [4.78, 5) is 10.2. The number of alkyl halides is 1. The van der Waals surface area contributed by atoms with Crippen LogP contribution in [-0.2, 0) is 4.79 Å². The molecule has 0 saturated carbocycles. The third kappa shape index (κ3) is 3.36. The van der Waals surface area contributed by atoms with Crippen LogP contribution in [0.25, 0.3) is 0 Å². The van der Waals surface area contributed by atoms with Crippen molar-refractivity contribution in [2.75, 3.05) is 0 Å². The molecule has 0 aliphatic carbocycles. The Hall–Kier alpha value is -0.540. The van der Waals surface area contributed by atoms with Gasteiger partial charge in [-0.2, -0.15) is 0 Å². The van der Waals surface area contributed by atoms with Gasteiger partial charge in [0.2, 0.25) is 0 Å². The molecule has 13 heavy (non-hydrogen) atoms. The Kier molecular flexibility index (Phi) is 3.75. The maximum atomic E-state index is 10.4. The summed E-state index contributed by atoms with van der Waals surface area (Å²) in [5.74, 6) is -0.822. The molecule has 0 bridgehead atoms. The molecular weight excluding hydrogens is 255 g/mol. The number of carboxylic acid groups (broad SMARTS) is 1. The molecule has 0 spiro atoms. The van der Waals surface area contributed by atoms with E-state index in [1.54, 1.807) is 12.1 Å². The number of benzene rings is 1. The zero-order valence-corrected chi connectivity index (χ0v) is 9.05. The summed E-state index contributed by atoms with van der Waals surface area (Å²) in [6.45, 7) is 0. The van der Waals surface area contributed by atoms with E-state index >= 15 is 0 Å². The van der Waals surface area contributed by atoms with Crippen LogP contribution in [0.4, 0.5) is 0 Å². The summed E-state index contributed by atoms with van der Waals surface area (Å²) in [6, 6.07) is 7.11. The molecule has 4 heteroatoms. The average Bonchev–Trinajstić information content (AvgIpc) is 2.04. The van der Waals surface area contributed by atoms with Crippen LogP contribution in [-0.4, -0.2) is 11.1 Å². The van der Waals surface area contributed by atoms with Gasteiger partial charge >= 0.3 is 5.97 Å². The minimum Gasteiger partial charge on any atom is -0.481 e. The van der Waals surface area contributed by atoms with Crippen molar-refractivity contribution in [3.05, 3.63) is 34.9 Å². The van der Waals surface area contributed by atoms with Gasteiger partial charge in [0.1, 0.15) is 0 Å². The van der Waals surface area contributed by atoms with Crippen LogP contribution in [0.3, 0.4) is 0 Å². The highest BCUT2D eigenvalue weighted by molar-refractivity contribution is 9.09. The largest absolute Gasteiger partial charge is 0.481 e. The summed E-state index contributed by atoms with van der Waals surface area (Å²) in [5, 5.41) is 9.20. The summed E-state index contributed by atoms with van der Waals surface area (Å²) >= 11 is 8.98. The molecule has 0 fully saturated rings. The Labute approximate surface area is 89.7 Å². The van der Waals surface area contributed by atoms with Gasteiger partial charge in [-0.1, -0.05) is 39.7 Å². The number of carboxylic acids is 1. The topological polar surface area (TPSA) is 37.3 Å². The van der Waals surface area contributed by atoms with E-state index in [-0.39, 0.29) is 11.2 Å². The van der Waals surface area contributed by atoms with E-state index < -0.39 is 5.97 Å². The van der Waals surface area contributed by atoms with Crippen LogP contribution in [0, 0.1) is 0 Å². The van der Waals surface area contributed by atoms with Crippen molar-refractivity contribution in [2.45, 2.75) is 11.2 Å². The van der Waals surface area contributed by atoms with Gasteiger partial charge in [0.25, 0.3) is 0 Å². The summed E-state index contributed by atoms with van der Waals surface area (Å²) in [5.41, 5.74) is 0.923. The Bertz CT molecular complexity index is 297. The third-order valence-corrected chi connectivity index (χ3v) is 2.69. The first-order valence-electron chi connectivity index (χ1n) is 3.71. The first-order chi connectivity index (χ1) is 6.09. The lowest BCUT2D eigenvalue weighted by atomic mass is 10.1. The van der Waals surface area contributed by atoms with E-state index in [9.17, 15) is 4.79 Å². The highest BCUT2D eigenvalue weighted by Crippen LogP contribution is 2.27. The molecule has 1 rings (SSSR count). The van der Waals surface area contributed by atoms with Crippen LogP contribution < -0.4 is 0 Å². The van der Waals surface area contributed by atoms with Crippen molar-refractivity contribution in [3.8, 4) is 0 Å². The van der Waals surface area contributed by atoms with Crippen LogP contribution in [0.1, 0.15) is 16.8 Å². The number of carbonyl (C=O) groups is 1. The molecule has 70 valence electrons. The van der Waals surface area contributed by atoms with Gasteiger partial charge in [-0.05, 0) is 17.7 Å². The van der Waals surface area contributed by atoms with E-state index in [1.807, 2.05) is 12.1 Å². The number of halogens is 2. The lowest BCUT2D eigenvalue weighted by Crippen LogP contribution is -2.00. The number of aliphatic carboxylic acids is 1. The van der Waals surface area contributed by atoms with Crippen LogP contribution in [0.5, 0.6) is 0 Å². The molecular formula is C9H8BrClO2. The molecule has 1 unspecified atom stereocenters. The highest BCUT2D eigenvalue weighted by Gasteiger charge is 2.10. The van der Waals surface area contributed by atoms with Gasteiger partial charge in [-0.3, -0.25) is 4.79 Å². The van der Waals surface area contributed by atoms with Gasteiger partial charge < -0.3 is 5.11 Å². The summed E-state index contributed by atoms with van der Waals surface area (Å²) < 4.78 is 0. The standard InChI is InChI=1S/C9H8BrClO2/c10-8(5-9(12)13)6-1-3-7(11)4-2-6/h1-4,8H,5H2,(H,12,13). The highest BCUT2D eigenvalue weighted by atomic mass is 79.9. The second-order valence-corrected chi connectivity index (χ2v) is 4.16. The molecule has 0 radical (unpaired) electrons. The zero-order chi connectivity index (χ0) is 9.84. The Morgan fingerprint density at radius 1 is 1.46 bits per heavy atom. The number of hydrogen-bond acceptors (Lipinski definition) is 1. The van der Waals surface area contributed by atoms with Gasteiger partial charge in [0, 0.05) is 9.85 Å². The van der Waals surface area contributed by atoms with E-state index in [2.05, 4.69) is 15.9 Å². The predicted molar refractivity (Wildman–Crippen MR) is 55.4 cm³/mol. The van der Waals surface area contributed by atoms with Gasteiger partial charge in [0.05, 0.1) is 6.42 Å². The maximum Gasteiger partial charge on any atom is 0.304 e. The zero-order valence-electron chi connectivity index (χ0n) is 6.71. The number of rotatable bonds is 3. The molecule has 1 N–H and O–H groups in total. The van der Waals surface area contributed by atoms with Crippen LogP contribution in [0.2, 0.25) is 5.02 Å². The normalized spacial score (nSPS) is 12.5. The van der Waals surface area contributed by atoms with Crippen LogP contribution in [0.15, 0.2) is 24.3 Å². The molecule has 1 atom stereocenters. The molecule has 1 aromatic carbocycles. The van der Waals surface area contributed by atoms with Crippen molar-refractivity contribution in [3.63, 3.8) is 0 Å². The Morgan fingerprint density at radius 2 is 2.00 bits per heavy atom. The van der Waals surface area contributed by atoms with Gasteiger partial charge in [-0.15, -0.1) is 0 Å². The molecule has 0 aromatic heterocycles. The lowest BCUT2D eigenvalue weighted by molar-refractivity contribution is -0.136. The van der Waals surface area contributed by atoms with E-state index in [1.165, 1.54) is 0 Å². The van der Waals surface area contributed by atoms with E-state index in [0.29, 0.717) is 5.02 Å². The molecule has 0 aliphatic rings. The fourth-order valence-electron chi connectivity index (χ4n) is 0.943. The first-order valence-corrected chi connectivity index (χ1v) is 5.00. The third-order valence-electron chi connectivity index (χ3n) is 1.59. The van der Waals surface area contributed by atoms with Gasteiger partial charge in [-0.25, -0.2) is 0 Å². The fraction of sp³-hybridized carbons (Fsp3) is 0.222. The van der Waals surface area contributed by atoms with Crippen molar-refractivity contribution >= 4 is 33.5 Å². The van der Waals surface area contributed by atoms with E-state index in [4.69, 9.17) is 16.7 Å². The quantitative estimate of drug-likeness (QED) is 0.850. The predicted octanol–water partition coefficient (Wildman–Crippen LogP) is 3.25. The Balaban J connectivity index is 2.71. The molecule has 2 nitrogen and oxygen atoms in total. The molecule has 0 saturated heterocycles. The second-order valence-electron chi connectivity index (χ2n) is 2.62. The van der Waals surface area contributed by atoms with E-state index in [0.717, 1.165) is 5.56 Å². The maximum absolute atomic E-state index is 10.4. The molecule has 0 amide bonds. The van der Waals surface area contributed by atoms with Gasteiger partial charge in [0.15, 0.2) is 0 Å². The van der Waals surface area contributed by atoms with Crippen molar-refractivity contribution in [1.29, 1.82) is 0 Å². The monoisotopic (exact) mass is 262 g/mol. The average molecular weight is 264 g/mol. The molecule has 0 aliphatic heterocycles.